The minimum absolute atomic E-state index is 0.00828. The van der Waals surface area contributed by atoms with Gasteiger partial charge in [0.2, 0.25) is 0 Å². The molecule has 0 aliphatic heterocycles. The highest BCUT2D eigenvalue weighted by Gasteiger charge is 2.62. The molecule has 6 nitrogen and oxygen atoms in total. The fourth-order valence-electron chi connectivity index (χ4n) is 3.99. The van der Waals surface area contributed by atoms with Crippen molar-refractivity contribution in [3.8, 4) is 0 Å². The highest BCUT2D eigenvalue weighted by Crippen LogP contribution is 2.52. The van der Waals surface area contributed by atoms with Crippen LogP contribution in [0.3, 0.4) is 0 Å². The molecule has 0 saturated heterocycles. The van der Waals surface area contributed by atoms with Gasteiger partial charge in [-0.15, -0.1) is 0 Å². The second-order valence-corrected chi connectivity index (χ2v) is 7.85. The van der Waals surface area contributed by atoms with Gasteiger partial charge in [0, 0.05) is 19.5 Å². The van der Waals surface area contributed by atoms with E-state index in [0.717, 1.165) is 0 Å². The molecule has 0 N–H and O–H groups in total. The molecule has 2 aromatic heterocycles. The first-order chi connectivity index (χ1) is 14.2. The van der Waals surface area contributed by atoms with Crippen LogP contribution in [0, 0.1) is 24.8 Å². The first kappa shape index (κ1) is 21.5. The third-order valence-corrected chi connectivity index (χ3v) is 5.63. The summed E-state index contributed by atoms with van der Waals surface area (Å²) in [7, 11) is 1.61. The van der Waals surface area contributed by atoms with Gasteiger partial charge in [-0.25, -0.2) is 31.9 Å². The summed E-state index contributed by atoms with van der Waals surface area (Å²) in [5.41, 5.74) is -1.83. The predicted octanol–water partition coefficient (Wildman–Crippen LogP) is 4.23. The molecular weight excluding hydrogens is 390 g/mol. The smallest absolute Gasteiger partial charge is 0.290 e. The van der Waals surface area contributed by atoms with Crippen LogP contribution in [0.4, 0.5) is 8.78 Å². The average molecular weight is 410 g/mol. The van der Waals surface area contributed by atoms with E-state index in [1.165, 1.54) is 36.7 Å². The third-order valence-electron chi connectivity index (χ3n) is 5.63. The van der Waals surface area contributed by atoms with Crippen molar-refractivity contribution < 1.29 is 18.3 Å². The third kappa shape index (κ3) is 3.67. The van der Waals surface area contributed by atoms with Gasteiger partial charge in [-0.05, 0) is 31.2 Å². The number of pyridine rings is 2. The molecular formula is C22H20F2N4O2. The maximum absolute atomic E-state index is 13.6. The van der Waals surface area contributed by atoms with Crippen molar-refractivity contribution in [3.05, 3.63) is 82.5 Å². The van der Waals surface area contributed by atoms with Gasteiger partial charge in [0.15, 0.2) is 23.0 Å². The minimum atomic E-state index is -1.03. The summed E-state index contributed by atoms with van der Waals surface area (Å²) in [6, 6.07) is 5.61. The summed E-state index contributed by atoms with van der Waals surface area (Å²) in [4.78, 5) is 25.6. The molecule has 2 saturated carbocycles. The Morgan fingerprint density at radius 3 is 1.80 bits per heavy atom. The monoisotopic (exact) mass is 410 g/mol. The molecule has 0 aromatic carbocycles. The van der Waals surface area contributed by atoms with E-state index in [0.29, 0.717) is 12.8 Å². The van der Waals surface area contributed by atoms with E-state index in [-0.39, 0.29) is 35.6 Å². The van der Waals surface area contributed by atoms with Crippen molar-refractivity contribution in [1.82, 2.24) is 9.97 Å². The molecule has 8 heteroatoms. The van der Waals surface area contributed by atoms with Crippen LogP contribution in [0.2, 0.25) is 0 Å². The molecule has 30 heavy (non-hydrogen) atoms. The van der Waals surface area contributed by atoms with Gasteiger partial charge in [-0.1, -0.05) is 0 Å². The maximum atomic E-state index is 13.6. The number of ketones is 1. The molecule has 2 fully saturated rings. The molecule has 0 atom stereocenters. The Bertz CT molecular complexity index is 1040. The number of carbonyl (C=O) groups is 1. The number of rotatable bonds is 3. The Balaban J connectivity index is 0.000000172. The Morgan fingerprint density at radius 1 is 0.967 bits per heavy atom. The van der Waals surface area contributed by atoms with Crippen LogP contribution in [-0.2, 0) is 20.6 Å². The summed E-state index contributed by atoms with van der Waals surface area (Å²) in [5.74, 6) is -0.918. The van der Waals surface area contributed by atoms with E-state index in [1.807, 2.05) is 6.92 Å². The fourth-order valence-corrected chi connectivity index (χ4v) is 3.99. The number of halogens is 2. The van der Waals surface area contributed by atoms with Crippen LogP contribution < -0.4 is 0 Å². The second kappa shape index (κ2) is 7.89. The van der Waals surface area contributed by atoms with Crippen LogP contribution >= 0.6 is 0 Å². The molecule has 2 aliphatic rings. The number of nitrogens with zero attached hydrogens (tertiary/aromatic N) is 4. The number of aromatic nitrogens is 2. The standard InChI is InChI=1S/C12H13FN2O.C10H7FN2O/c1-11(16-3)7-12(8-11,14-2)10-9(13)5-4-6-15-10;1-12-10(5-7(14)6-10)9-8(11)3-2-4-13-9/h4-6H,7-8H2,1,3H3;2-4H,5-6H2. The van der Waals surface area contributed by atoms with Crippen molar-refractivity contribution in [2.24, 2.45) is 0 Å². The molecule has 2 aromatic rings. The summed E-state index contributed by atoms with van der Waals surface area (Å²) in [6.45, 7) is 16.2. The van der Waals surface area contributed by atoms with Gasteiger partial charge in [-0.3, -0.25) is 4.79 Å². The van der Waals surface area contributed by atoms with Gasteiger partial charge in [0.05, 0.1) is 31.3 Å². The fraction of sp³-hybridized carbons (Fsp3) is 0.409. The van der Waals surface area contributed by atoms with E-state index >= 15 is 0 Å². The molecule has 0 bridgehead atoms. The predicted molar refractivity (Wildman–Crippen MR) is 104 cm³/mol. The normalized spacial score (nSPS) is 26.1. The van der Waals surface area contributed by atoms with Gasteiger partial charge < -0.3 is 14.4 Å². The first-order valence-corrected chi connectivity index (χ1v) is 9.29. The zero-order chi connectivity index (χ0) is 22.0. The van der Waals surface area contributed by atoms with Crippen molar-refractivity contribution in [2.45, 2.75) is 49.3 Å². The molecule has 154 valence electrons. The molecule has 4 rings (SSSR count). The summed E-state index contributed by atoms with van der Waals surface area (Å²) in [5, 5.41) is 0. The van der Waals surface area contributed by atoms with Crippen LogP contribution in [0.25, 0.3) is 9.69 Å². The lowest BCUT2D eigenvalue weighted by Crippen LogP contribution is -2.52. The summed E-state index contributed by atoms with van der Waals surface area (Å²) < 4.78 is 32.2. The lowest BCUT2D eigenvalue weighted by atomic mass is 9.64. The zero-order valence-corrected chi connectivity index (χ0v) is 16.7. The van der Waals surface area contributed by atoms with Crippen molar-refractivity contribution in [2.75, 3.05) is 7.11 Å². The molecule has 0 spiro atoms. The summed E-state index contributed by atoms with van der Waals surface area (Å²) in [6.07, 6.45) is 4.12. The topological polar surface area (TPSA) is 60.8 Å². The van der Waals surface area contributed by atoms with Crippen LogP contribution in [0.15, 0.2) is 36.7 Å². The van der Waals surface area contributed by atoms with Crippen molar-refractivity contribution in [1.29, 1.82) is 0 Å². The number of Topliss-reactive ketones (excluding diaryl/α,β-unsaturated/α-hetero) is 1. The van der Waals surface area contributed by atoms with E-state index in [1.54, 1.807) is 7.11 Å². The molecule has 0 radical (unpaired) electrons. The minimum Gasteiger partial charge on any atom is -0.378 e. The number of ether oxygens (including phenoxy) is 1. The Morgan fingerprint density at radius 2 is 1.43 bits per heavy atom. The lowest BCUT2D eigenvalue weighted by molar-refractivity contribution is -0.127. The number of hydrogen-bond donors (Lipinski definition) is 0. The highest BCUT2D eigenvalue weighted by molar-refractivity contribution is 5.89. The Hall–Kier alpha value is -3.23. The molecule has 0 amide bonds. The zero-order valence-electron chi connectivity index (χ0n) is 16.7. The van der Waals surface area contributed by atoms with E-state index < -0.39 is 22.7 Å². The Kier molecular flexibility index (Phi) is 5.65. The van der Waals surface area contributed by atoms with Gasteiger partial charge in [-0.2, -0.15) is 0 Å². The number of methoxy groups -OCH3 is 1. The molecule has 2 heterocycles. The molecule has 2 aliphatic carbocycles. The first-order valence-electron chi connectivity index (χ1n) is 9.29. The largest absolute Gasteiger partial charge is 0.378 e. The van der Waals surface area contributed by atoms with Crippen molar-refractivity contribution >= 4 is 5.78 Å². The quantitative estimate of drug-likeness (QED) is 0.711. The van der Waals surface area contributed by atoms with Crippen LogP contribution in [-0.4, -0.2) is 28.5 Å². The van der Waals surface area contributed by atoms with Crippen molar-refractivity contribution in [3.63, 3.8) is 0 Å². The van der Waals surface area contributed by atoms with Gasteiger partial charge >= 0.3 is 0 Å². The lowest BCUT2D eigenvalue weighted by Gasteiger charge is -2.44. The Labute approximate surface area is 173 Å². The van der Waals surface area contributed by atoms with E-state index in [4.69, 9.17) is 17.9 Å². The summed E-state index contributed by atoms with van der Waals surface area (Å²) >= 11 is 0. The van der Waals surface area contributed by atoms with Crippen LogP contribution in [0.1, 0.15) is 44.0 Å². The van der Waals surface area contributed by atoms with Gasteiger partial charge in [0.25, 0.3) is 11.1 Å². The average Bonchev–Trinajstić information content (AvgIpc) is 2.70. The molecule has 0 unspecified atom stereocenters. The van der Waals surface area contributed by atoms with E-state index in [2.05, 4.69) is 19.7 Å². The highest BCUT2D eigenvalue weighted by atomic mass is 19.1. The second-order valence-electron chi connectivity index (χ2n) is 7.85. The SMILES string of the molecule is [C-]#[N+]C1(c2ncccc2F)CC(=O)C1.[C-]#[N+]C1(c2ncccc2F)CC(C)(OC)C1. The number of hydrogen-bond acceptors (Lipinski definition) is 4. The van der Waals surface area contributed by atoms with Crippen LogP contribution in [0.5, 0.6) is 0 Å². The maximum Gasteiger partial charge on any atom is 0.290 e. The van der Waals surface area contributed by atoms with E-state index in [9.17, 15) is 13.6 Å². The van der Waals surface area contributed by atoms with Gasteiger partial charge in [0.1, 0.15) is 5.78 Å². The number of carbonyl (C=O) groups excluding carboxylic acids is 1.